The second kappa shape index (κ2) is 5.82. The number of carbonyl (C=O) groups is 1. The van der Waals surface area contributed by atoms with Crippen LogP contribution in [-0.2, 0) is 11.3 Å². The zero-order chi connectivity index (χ0) is 14.8. The van der Waals surface area contributed by atoms with Crippen molar-refractivity contribution in [1.82, 2.24) is 9.88 Å². The van der Waals surface area contributed by atoms with E-state index in [-0.39, 0.29) is 6.04 Å². The number of hydrogen-bond donors (Lipinski definition) is 1. The quantitative estimate of drug-likeness (QED) is 0.941. The smallest absolute Gasteiger partial charge is 0.320 e. The molecule has 1 aliphatic heterocycles. The minimum Gasteiger partial charge on any atom is -0.480 e. The molecule has 4 nitrogen and oxygen atoms in total. The van der Waals surface area contributed by atoms with Crippen molar-refractivity contribution >= 4 is 16.9 Å². The number of aromatic nitrogens is 1. The molecule has 1 aromatic heterocycles. The molecule has 1 N–H and O–H groups in total. The highest BCUT2D eigenvalue weighted by atomic mass is 16.4. The summed E-state index contributed by atoms with van der Waals surface area (Å²) in [4.78, 5) is 17.9. The van der Waals surface area contributed by atoms with Gasteiger partial charge in [0.15, 0.2) is 0 Å². The van der Waals surface area contributed by atoms with Gasteiger partial charge in [-0.05, 0) is 49.1 Å². The highest BCUT2D eigenvalue weighted by molar-refractivity contribution is 5.79. The molecule has 3 rings (SSSR count). The molecule has 1 fully saturated rings. The van der Waals surface area contributed by atoms with Crippen molar-refractivity contribution in [3.8, 4) is 0 Å². The van der Waals surface area contributed by atoms with Crippen molar-refractivity contribution < 1.29 is 9.90 Å². The minimum absolute atomic E-state index is 0.363. The van der Waals surface area contributed by atoms with Crippen LogP contribution in [0.15, 0.2) is 36.5 Å². The molecule has 110 valence electrons. The Morgan fingerprint density at radius 1 is 1.43 bits per heavy atom. The van der Waals surface area contributed by atoms with Crippen LogP contribution in [0.3, 0.4) is 0 Å². The third-order valence-electron chi connectivity index (χ3n) is 4.31. The van der Waals surface area contributed by atoms with Gasteiger partial charge in [0, 0.05) is 18.1 Å². The minimum atomic E-state index is -0.705. The fourth-order valence-corrected chi connectivity index (χ4v) is 3.09. The lowest BCUT2D eigenvalue weighted by Crippen LogP contribution is -2.46. The van der Waals surface area contributed by atoms with Gasteiger partial charge >= 0.3 is 5.97 Å². The van der Waals surface area contributed by atoms with Crippen LogP contribution in [0.2, 0.25) is 0 Å². The van der Waals surface area contributed by atoms with Gasteiger partial charge in [-0.2, -0.15) is 0 Å². The summed E-state index contributed by atoms with van der Waals surface area (Å²) in [6.45, 7) is 3.67. The fourth-order valence-electron chi connectivity index (χ4n) is 3.09. The van der Waals surface area contributed by atoms with Gasteiger partial charge in [-0.15, -0.1) is 0 Å². The monoisotopic (exact) mass is 284 g/mol. The first-order valence-corrected chi connectivity index (χ1v) is 7.44. The number of rotatable bonds is 3. The van der Waals surface area contributed by atoms with Crippen LogP contribution in [0.1, 0.15) is 25.3 Å². The summed E-state index contributed by atoms with van der Waals surface area (Å²) >= 11 is 0. The Bertz CT molecular complexity index is 656. The van der Waals surface area contributed by atoms with Crippen molar-refractivity contribution in [2.75, 3.05) is 6.54 Å². The summed E-state index contributed by atoms with van der Waals surface area (Å²) in [5, 5.41) is 10.5. The maximum absolute atomic E-state index is 11.5. The molecule has 21 heavy (non-hydrogen) atoms. The summed E-state index contributed by atoms with van der Waals surface area (Å²) in [6.07, 6.45) is 3.60. The lowest BCUT2D eigenvalue weighted by atomic mass is 9.92. The van der Waals surface area contributed by atoms with Crippen LogP contribution in [0.4, 0.5) is 0 Å². The molecule has 2 aromatic rings. The first-order valence-electron chi connectivity index (χ1n) is 7.44. The number of piperidine rings is 1. The number of likely N-dealkylation sites (tertiary alicyclic amines) is 1. The number of nitrogens with zero attached hydrogens (tertiary/aromatic N) is 2. The Balaban J connectivity index is 1.81. The number of carboxylic acids is 1. The van der Waals surface area contributed by atoms with Crippen LogP contribution < -0.4 is 0 Å². The zero-order valence-electron chi connectivity index (χ0n) is 12.2. The number of aliphatic carboxylic acids is 1. The van der Waals surface area contributed by atoms with E-state index in [2.05, 4.69) is 22.9 Å². The molecule has 0 bridgehead atoms. The Morgan fingerprint density at radius 3 is 3.10 bits per heavy atom. The predicted octanol–water partition coefficient (Wildman–Crippen LogP) is 2.92. The van der Waals surface area contributed by atoms with Crippen molar-refractivity contribution in [2.45, 2.75) is 32.4 Å². The Hall–Kier alpha value is -1.94. The van der Waals surface area contributed by atoms with E-state index in [4.69, 9.17) is 0 Å². The normalized spacial score (nSPS) is 23.3. The SMILES string of the molecule is CC1CCN(Cc2ccc3ncccc3c2)C(C(=O)O)C1. The van der Waals surface area contributed by atoms with Crippen molar-refractivity contribution in [2.24, 2.45) is 5.92 Å². The van der Waals surface area contributed by atoms with E-state index >= 15 is 0 Å². The lowest BCUT2D eigenvalue weighted by Gasteiger charge is -2.36. The van der Waals surface area contributed by atoms with E-state index in [9.17, 15) is 9.90 Å². The molecule has 2 atom stereocenters. The fraction of sp³-hybridized carbons (Fsp3) is 0.412. The summed E-state index contributed by atoms with van der Waals surface area (Å²) in [6, 6.07) is 9.77. The Morgan fingerprint density at radius 2 is 2.29 bits per heavy atom. The van der Waals surface area contributed by atoms with E-state index in [0.29, 0.717) is 12.5 Å². The maximum atomic E-state index is 11.5. The molecule has 0 saturated carbocycles. The topological polar surface area (TPSA) is 53.4 Å². The van der Waals surface area contributed by atoms with Gasteiger partial charge in [0.2, 0.25) is 0 Å². The molecule has 0 radical (unpaired) electrons. The largest absolute Gasteiger partial charge is 0.480 e. The summed E-state index contributed by atoms with van der Waals surface area (Å²) < 4.78 is 0. The van der Waals surface area contributed by atoms with Crippen LogP contribution in [0, 0.1) is 5.92 Å². The molecule has 0 spiro atoms. The van der Waals surface area contributed by atoms with E-state index in [1.54, 1.807) is 6.20 Å². The molecule has 4 heteroatoms. The highest BCUT2D eigenvalue weighted by Crippen LogP contribution is 2.25. The first kappa shape index (κ1) is 14.0. The van der Waals surface area contributed by atoms with Gasteiger partial charge in [0.1, 0.15) is 6.04 Å². The molecule has 1 aromatic carbocycles. The number of pyridine rings is 1. The molecular weight excluding hydrogens is 264 g/mol. The van der Waals surface area contributed by atoms with Gasteiger partial charge in [-0.1, -0.05) is 19.1 Å². The van der Waals surface area contributed by atoms with Crippen LogP contribution >= 0.6 is 0 Å². The first-order chi connectivity index (χ1) is 10.1. The highest BCUT2D eigenvalue weighted by Gasteiger charge is 2.31. The summed E-state index contributed by atoms with van der Waals surface area (Å²) in [5.74, 6) is -0.216. The third kappa shape index (κ3) is 3.05. The van der Waals surface area contributed by atoms with Crippen LogP contribution in [-0.4, -0.2) is 33.5 Å². The molecule has 1 saturated heterocycles. The number of hydrogen-bond acceptors (Lipinski definition) is 3. The van der Waals surface area contributed by atoms with Gasteiger partial charge in [0.05, 0.1) is 5.52 Å². The van der Waals surface area contributed by atoms with Crippen LogP contribution in [0.25, 0.3) is 10.9 Å². The van der Waals surface area contributed by atoms with Crippen molar-refractivity contribution in [3.63, 3.8) is 0 Å². The van der Waals surface area contributed by atoms with E-state index < -0.39 is 5.97 Å². The third-order valence-corrected chi connectivity index (χ3v) is 4.31. The summed E-state index contributed by atoms with van der Waals surface area (Å²) in [7, 11) is 0. The average Bonchev–Trinajstić information content (AvgIpc) is 2.49. The van der Waals surface area contributed by atoms with Gasteiger partial charge in [-0.25, -0.2) is 0 Å². The maximum Gasteiger partial charge on any atom is 0.320 e. The molecule has 1 aliphatic rings. The summed E-state index contributed by atoms with van der Waals surface area (Å²) in [5.41, 5.74) is 2.12. The average molecular weight is 284 g/mol. The van der Waals surface area contributed by atoms with Gasteiger partial charge in [0.25, 0.3) is 0 Å². The van der Waals surface area contributed by atoms with E-state index in [1.807, 2.05) is 24.3 Å². The molecule has 0 amide bonds. The molecular formula is C17H20N2O2. The standard InChI is InChI=1S/C17H20N2O2/c1-12-6-8-19(16(9-12)17(20)21)11-13-4-5-15-14(10-13)3-2-7-18-15/h2-5,7,10,12,16H,6,8-9,11H2,1H3,(H,20,21). The number of carboxylic acid groups (broad SMARTS) is 1. The lowest BCUT2D eigenvalue weighted by molar-refractivity contribution is -0.145. The van der Waals surface area contributed by atoms with Gasteiger partial charge < -0.3 is 5.11 Å². The molecule has 2 unspecified atom stereocenters. The molecule has 0 aliphatic carbocycles. The van der Waals surface area contributed by atoms with E-state index in [0.717, 1.165) is 35.9 Å². The van der Waals surface area contributed by atoms with E-state index in [1.165, 1.54) is 0 Å². The zero-order valence-corrected chi connectivity index (χ0v) is 12.2. The van der Waals surface area contributed by atoms with Crippen LogP contribution in [0.5, 0.6) is 0 Å². The Labute approximate surface area is 124 Å². The number of fused-ring (bicyclic) bond motifs is 1. The van der Waals surface area contributed by atoms with Crippen molar-refractivity contribution in [1.29, 1.82) is 0 Å². The second-order valence-electron chi connectivity index (χ2n) is 5.98. The predicted molar refractivity (Wildman–Crippen MR) is 82.0 cm³/mol. The second-order valence-corrected chi connectivity index (χ2v) is 5.98. The van der Waals surface area contributed by atoms with Gasteiger partial charge in [-0.3, -0.25) is 14.7 Å². The Kier molecular flexibility index (Phi) is 3.88. The van der Waals surface area contributed by atoms with Crippen molar-refractivity contribution in [3.05, 3.63) is 42.1 Å². The molecule has 2 heterocycles. The number of benzene rings is 1.